The molecular formula is C25H38N2O2Si2. The van der Waals surface area contributed by atoms with Crippen LogP contribution < -0.4 is 0 Å². The zero-order valence-electron chi connectivity index (χ0n) is 20.6. The first kappa shape index (κ1) is 25.5. The first-order valence-corrected chi connectivity index (χ1v) is 17.3. The van der Waals surface area contributed by atoms with Crippen LogP contribution >= 0.6 is 0 Å². The molecule has 2 aromatic rings. The quantitative estimate of drug-likeness (QED) is 0.426. The highest BCUT2D eigenvalue weighted by Gasteiger charge is 2.50. The first-order chi connectivity index (χ1) is 14.2. The van der Waals surface area contributed by atoms with Gasteiger partial charge >= 0.3 is 0 Å². The van der Waals surface area contributed by atoms with Crippen LogP contribution in [0.1, 0.15) is 38.8 Å². The van der Waals surface area contributed by atoms with E-state index in [2.05, 4.69) is 71.5 Å². The summed E-state index contributed by atoms with van der Waals surface area (Å²) in [5.41, 5.74) is 0.703. The molecule has 0 aliphatic rings. The van der Waals surface area contributed by atoms with Crippen molar-refractivity contribution in [1.82, 2.24) is 4.98 Å². The maximum absolute atomic E-state index is 10.8. The minimum absolute atomic E-state index is 0.0569. The molecule has 0 spiro atoms. The summed E-state index contributed by atoms with van der Waals surface area (Å²) in [7, 11) is -4.12. The summed E-state index contributed by atoms with van der Waals surface area (Å²) in [6.07, 6.45) is 2.79. The van der Waals surface area contributed by atoms with Crippen molar-refractivity contribution in [3.8, 4) is 6.07 Å². The molecule has 1 heterocycles. The van der Waals surface area contributed by atoms with Crippen molar-refractivity contribution in [2.75, 3.05) is 0 Å². The predicted octanol–water partition coefficient (Wildman–Crippen LogP) is 6.52. The first-order valence-electron chi connectivity index (χ1n) is 11.0. The molecule has 0 unspecified atom stereocenters. The second kappa shape index (κ2) is 9.37. The van der Waals surface area contributed by atoms with E-state index in [-0.39, 0.29) is 11.1 Å². The molecule has 0 saturated carbocycles. The Morgan fingerprint density at radius 3 is 1.94 bits per heavy atom. The van der Waals surface area contributed by atoms with E-state index in [4.69, 9.17) is 8.85 Å². The zero-order valence-corrected chi connectivity index (χ0v) is 22.6. The van der Waals surface area contributed by atoms with Crippen molar-refractivity contribution in [3.63, 3.8) is 0 Å². The Hall–Kier alpha value is -1.79. The van der Waals surface area contributed by atoms with E-state index < -0.39 is 28.2 Å². The third-order valence-corrected chi connectivity index (χ3v) is 11.7. The standard InChI is InChI=1S/C25H38N2O2Si2/c1-20(28-31(8,9)24(2,3)4)23(29-30(5,6)7)25(19-26,21-14-11-10-12-15-21)22-16-13-17-27-18-22/h10-18,20,23H,1-9H3/t20-,23+,25-/m0/s1. The number of pyridine rings is 1. The van der Waals surface area contributed by atoms with Crippen LogP contribution in [0.15, 0.2) is 54.9 Å². The zero-order chi connectivity index (χ0) is 23.5. The Kier molecular flexibility index (Phi) is 7.70. The van der Waals surface area contributed by atoms with Crippen molar-refractivity contribution < 1.29 is 8.85 Å². The van der Waals surface area contributed by atoms with E-state index >= 15 is 0 Å². The lowest BCUT2D eigenvalue weighted by molar-refractivity contribution is 0.0238. The highest BCUT2D eigenvalue weighted by atomic mass is 28.4. The summed E-state index contributed by atoms with van der Waals surface area (Å²) in [6, 6.07) is 16.5. The number of nitrogens with zero attached hydrogens (tertiary/aromatic N) is 2. The number of aromatic nitrogens is 1. The van der Waals surface area contributed by atoms with Crippen molar-refractivity contribution in [1.29, 1.82) is 5.26 Å². The summed E-state index contributed by atoms with van der Waals surface area (Å²) >= 11 is 0. The van der Waals surface area contributed by atoms with Crippen molar-refractivity contribution in [2.45, 2.75) is 83.1 Å². The van der Waals surface area contributed by atoms with Gasteiger partial charge in [0, 0.05) is 12.4 Å². The molecule has 6 heteroatoms. The molecule has 3 atom stereocenters. The Morgan fingerprint density at radius 1 is 0.903 bits per heavy atom. The average molecular weight is 455 g/mol. The lowest BCUT2D eigenvalue weighted by Crippen LogP contribution is -2.56. The summed E-state index contributed by atoms with van der Waals surface area (Å²) in [4.78, 5) is 4.35. The van der Waals surface area contributed by atoms with E-state index in [1.165, 1.54) is 0 Å². The summed E-state index contributed by atoms with van der Waals surface area (Å²) < 4.78 is 13.6. The lowest BCUT2D eigenvalue weighted by atomic mass is 9.70. The van der Waals surface area contributed by atoms with E-state index in [9.17, 15) is 5.26 Å². The van der Waals surface area contributed by atoms with Gasteiger partial charge in [-0.05, 0) is 61.9 Å². The summed E-state index contributed by atoms with van der Waals surface area (Å²) in [5, 5.41) is 10.8. The maximum atomic E-state index is 10.8. The van der Waals surface area contributed by atoms with Crippen LogP contribution in [0.4, 0.5) is 0 Å². The molecule has 0 radical (unpaired) electrons. The van der Waals surface area contributed by atoms with Gasteiger partial charge in [0.05, 0.1) is 18.3 Å². The number of benzene rings is 1. The highest BCUT2D eigenvalue weighted by Crippen LogP contribution is 2.43. The van der Waals surface area contributed by atoms with Crippen LogP contribution in [-0.4, -0.2) is 33.8 Å². The van der Waals surface area contributed by atoms with E-state index in [1.807, 2.05) is 42.5 Å². The molecule has 0 fully saturated rings. The van der Waals surface area contributed by atoms with Gasteiger partial charge in [-0.3, -0.25) is 4.98 Å². The maximum Gasteiger partial charge on any atom is 0.192 e. The van der Waals surface area contributed by atoms with E-state index in [1.54, 1.807) is 12.4 Å². The molecule has 2 rings (SSSR count). The fourth-order valence-corrected chi connectivity index (χ4v) is 6.14. The topological polar surface area (TPSA) is 55.1 Å². The Morgan fingerprint density at radius 2 is 1.48 bits per heavy atom. The second-order valence-electron chi connectivity index (χ2n) is 10.8. The molecule has 1 aromatic heterocycles. The van der Waals surface area contributed by atoms with Gasteiger partial charge in [0.25, 0.3) is 0 Å². The normalized spacial score (nSPS) is 16.8. The predicted molar refractivity (Wildman–Crippen MR) is 133 cm³/mol. The highest BCUT2D eigenvalue weighted by molar-refractivity contribution is 6.74. The third kappa shape index (κ3) is 5.72. The van der Waals surface area contributed by atoms with Gasteiger partial charge in [-0.25, -0.2) is 0 Å². The molecule has 1 aromatic carbocycles. The summed E-state index contributed by atoms with van der Waals surface area (Å²) in [6.45, 7) is 19.7. The molecule has 0 amide bonds. The minimum Gasteiger partial charge on any atom is -0.412 e. The second-order valence-corrected chi connectivity index (χ2v) is 20.0. The van der Waals surface area contributed by atoms with Crippen molar-refractivity contribution >= 4 is 16.6 Å². The molecule has 0 saturated heterocycles. The molecule has 0 aliphatic heterocycles. The number of hydrogen-bond donors (Lipinski definition) is 0. The Bertz CT molecular complexity index is 842. The average Bonchev–Trinajstić information content (AvgIpc) is 2.68. The van der Waals surface area contributed by atoms with Gasteiger partial charge in [-0.1, -0.05) is 57.2 Å². The monoisotopic (exact) mass is 454 g/mol. The van der Waals surface area contributed by atoms with Gasteiger partial charge < -0.3 is 8.85 Å². The lowest BCUT2D eigenvalue weighted by Gasteiger charge is -2.46. The molecule has 0 bridgehead atoms. The van der Waals surface area contributed by atoms with Crippen LogP contribution in [0, 0.1) is 11.3 Å². The Labute approximate surface area is 190 Å². The van der Waals surface area contributed by atoms with Crippen molar-refractivity contribution in [3.05, 3.63) is 66.0 Å². The molecular weight excluding hydrogens is 416 g/mol. The smallest absolute Gasteiger partial charge is 0.192 e. The molecule has 31 heavy (non-hydrogen) atoms. The van der Waals surface area contributed by atoms with Crippen LogP contribution in [0.3, 0.4) is 0 Å². The van der Waals surface area contributed by atoms with Crippen molar-refractivity contribution in [2.24, 2.45) is 0 Å². The molecule has 4 nitrogen and oxygen atoms in total. The minimum atomic E-state index is -2.09. The van der Waals surface area contributed by atoms with E-state index in [0.717, 1.165) is 11.1 Å². The van der Waals surface area contributed by atoms with E-state index in [0.29, 0.717) is 0 Å². The van der Waals surface area contributed by atoms with Crippen LogP contribution in [0.5, 0.6) is 0 Å². The van der Waals surface area contributed by atoms with Crippen LogP contribution in [-0.2, 0) is 14.3 Å². The van der Waals surface area contributed by atoms with Gasteiger partial charge in [0.2, 0.25) is 0 Å². The molecule has 0 N–H and O–H groups in total. The van der Waals surface area contributed by atoms with Gasteiger partial charge in [-0.15, -0.1) is 0 Å². The van der Waals surface area contributed by atoms with Gasteiger partial charge in [0.15, 0.2) is 16.6 Å². The largest absolute Gasteiger partial charge is 0.412 e. The molecule has 0 aliphatic carbocycles. The van der Waals surface area contributed by atoms with Gasteiger partial charge in [0.1, 0.15) is 5.41 Å². The number of rotatable bonds is 8. The van der Waals surface area contributed by atoms with Gasteiger partial charge in [-0.2, -0.15) is 5.26 Å². The van der Waals surface area contributed by atoms with Crippen LogP contribution in [0.25, 0.3) is 0 Å². The summed E-state index contributed by atoms with van der Waals surface area (Å²) in [5.74, 6) is 0. The fraction of sp³-hybridized carbons (Fsp3) is 0.520. The number of nitriles is 1. The number of hydrogen-bond acceptors (Lipinski definition) is 4. The third-order valence-electron chi connectivity index (χ3n) is 6.14. The SMILES string of the molecule is C[C@H](O[Si](C)(C)C(C)(C)C)[C@@H](O[Si](C)(C)C)[C@@](C#N)(c1ccccc1)c1cccnc1. The van der Waals surface area contributed by atoms with Crippen LogP contribution in [0.2, 0.25) is 37.8 Å². The molecule has 168 valence electrons. The fourth-order valence-electron chi connectivity index (χ4n) is 3.61. The Balaban J connectivity index is 2.73.